The fourth-order valence-corrected chi connectivity index (χ4v) is 3.31. The predicted octanol–water partition coefficient (Wildman–Crippen LogP) is 2.12. The minimum absolute atomic E-state index is 0.0656. The van der Waals surface area contributed by atoms with E-state index in [1.165, 1.54) is 6.07 Å². The number of anilines is 1. The quantitative estimate of drug-likeness (QED) is 0.517. The molecule has 30 heavy (non-hydrogen) atoms. The summed E-state index contributed by atoms with van der Waals surface area (Å²) in [7, 11) is 0. The summed E-state index contributed by atoms with van der Waals surface area (Å²) in [5, 5.41) is 6.63. The first-order chi connectivity index (χ1) is 14.6. The van der Waals surface area contributed by atoms with Crippen LogP contribution in [0, 0.1) is 12.7 Å². The highest BCUT2D eigenvalue weighted by Crippen LogP contribution is 2.39. The molecule has 0 bridgehead atoms. The molecule has 1 fully saturated rings. The molecule has 5 rings (SSSR count). The van der Waals surface area contributed by atoms with Gasteiger partial charge in [-0.25, -0.2) is 19.9 Å². The lowest BCUT2D eigenvalue weighted by molar-refractivity contribution is 0.102. The lowest BCUT2D eigenvalue weighted by Crippen LogP contribution is -2.35. The standard InChI is InChI=1S/C20H19FN8O/c1-11-7-14(21)13(8-17(11)29-9-16(22-10-29)12-5-6-12)20(30)24-18-4-2-3-15(23-18)19-25-27-28-26-19/h2-4,7-10,12,27-28H,5-6H2,1H3,(H,25,26)(H,23,24,30). The molecule has 0 atom stereocenters. The number of amidine groups is 1. The second kappa shape index (κ2) is 7.23. The zero-order chi connectivity index (χ0) is 20.7. The molecule has 9 nitrogen and oxygen atoms in total. The minimum atomic E-state index is -0.595. The number of imidazole rings is 1. The molecule has 10 heteroatoms. The maximum atomic E-state index is 14.6. The van der Waals surface area contributed by atoms with Gasteiger partial charge in [0.25, 0.3) is 5.91 Å². The van der Waals surface area contributed by atoms with E-state index in [4.69, 9.17) is 0 Å². The van der Waals surface area contributed by atoms with Gasteiger partial charge in [-0.15, -0.1) is 10.6 Å². The second-order valence-corrected chi connectivity index (χ2v) is 7.28. The maximum absolute atomic E-state index is 14.6. The summed E-state index contributed by atoms with van der Waals surface area (Å²) in [5.41, 5.74) is 10.9. The Morgan fingerprint density at radius 2 is 2.17 bits per heavy atom. The van der Waals surface area contributed by atoms with Crippen LogP contribution < -0.4 is 21.8 Å². The van der Waals surface area contributed by atoms with Gasteiger partial charge in [0.15, 0.2) is 5.84 Å². The van der Waals surface area contributed by atoms with Crippen LogP contribution in [0.25, 0.3) is 5.69 Å². The number of benzene rings is 1. The number of hydrazone groups is 1. The molecule has 1 aromatic carbocycles. The number of carbonyl (C=O) groups is 1. The number of pyridine rings is 1. The smallest absolute Gasteiger partial charge is 0.259 e. The average molecular weight is 406 g/mol. The van der Waals surface area contributed by atoms with Gasteiger partial charge < -0.3 is 9.88 Å². The van der Waals surface area contributed by atoms with Crippen LogP contribution in [-0.4, -0.2) is 26.3 Å². The van der Waals surface area contributed by atoms with Crippen LogP contribution in [0.1, 0.15) is 46.1 Å². The van der Waals surface area contributed by atoms with Crippen molar-refractivity contribution in [3.8, 4) is 5.69 Å². The summed E-state index contributed by atoms with van der Waals surface area (Å²) >= 11 is 0. The fourth-order valence-electron chi connectivity index (χ4n) is 3.31. The van der Waals surface area contributed by atoms with Gasteiger partial charge in [-0.1, -0.05) is 6.07 Å². The van der Waals surface area contributed by atoms with Crippen LogP contribution in [0.4, 0.5) is 10.2 Å². The van der Waals surface area contributed by atoms with E-state index in [2.05, 4.69) is 36.9 Å². The van der Waals surface area contributed by atoms with E-state index in [-0.39, 0.29) is 11.4 Å². The van der Waals surface area contributed by atoms with E-state index < -0.39 is 11.7 Å². The molecule has 0 spiro atoms. The van der Waals surface area contributed by atoms with Crippen molar-refractivity contribution in [1.82, 2.24) is 31.0 Å². The van der Waals surface area contributed by atoms with Crippen molar-refractivity contribution in [1.29, 1.82) is 0 Å². The van der Waals surface area contributed by atoms with E-state index in [0.29, 0.717) is 28.7 Å². The molecule has 2 aliphatic rings. The Bertz CT molecular complexity index is 1170. The van der Waals surface area contributed by atoms with E-state index in [0.717, 1.165) is 18.5 Å². The Balaban J connectivity index is 1.42. The molecule has 2 aromatic heterocycles. The van der Waals surface area contributed by atoms with Crippen molar-refractivity contribution in [3.63, 3.8) is 0 Å². The van der Waals surface area contributed by atoms with Crippen molar-refractivity contribution >= 4 is 17.6 Å². The molecule has 0 radical (unpaired) electrons. The zero-order valence-electron chi connectivity index (χ0n) is 16.1. The summed E-state index contributed by atoms with van der Waals surface area (Å²) in [6.07, 6.45) is 5.94. The van der Waals surface area contributed by atoms with Crippen molar-refractivity contribution in [2.24, 2.45) is 5.10 Å². The van der Waals surface area contributed by atoms with Crippen molar-refractivity contribution in [2.45, 2.75) is 25.7 Å². The van der Waals surface area contributed by atoms with Gasteiger partial charge >= 0.3 is 0 Å². The predicted molar refractivity (Wildman–Crippen MR) is 108 cm³/mol. The minimum Gasteiger partial charge on any atom is -0.306 e. The SMILES string of the molecule is Cc1cc(F)c(C(=O)Nc2cccc(C3=NNNN3)n2)cc1-n1cnc(C2CC2)c1. The van der Waals surface area contributed by atoms with Gasteiger partial charge in [0, 0.05) is 12.1 Å². The molecule has 3 aromatic rings. The number of hydrogen-bond donors (Lipinski definition) is 4. The molecule has 1 aliphatic heterocycles. The van der Waals surface area contributed by atoms with E-state index in [1.54, 1.807) is 37.5 Å². The third-order valence-electron chi connectivity index (χ3n) is 5.04. The van der Waals surface area contributed by atoms with E-state index in [1.807, 2.05) is 10.8 Å². The van der Waals surface area contributed by atoms with Crippen molar-refractivity contribution in [3.05, 3.63) is 71.2 Å². The largest absolute Gasteiger partial charge is 0.306 e. The average Bonchev–Trinajstić information content (AvgIpc) is 3.23. The summed E-state index contributed by atoms with van der Waals surface area (Å²) in [5.74, 6) is 0.0919. The van der Waals surface area contributed by atoms with Crippen LogP contribution in [0.5, 0.6) is 0 Å². The van der Waals surface area contributed by atoms with Crippen LogP contribution in [0.15, 0.2) is 48.0 Å². The van der Waals surface area contributed by atoms with E-state index in [9.17, 15) is 9.18 Å². The number of hydrogen-bond acceptors (Lipinski definition) is 7. The zero-order valence-corrected chi connectivity index (χ0v) is 16.1. The first kappa shape index (κ1) is 18.3. The number of nitrogens with zero attached hydrogens (tertiary/aromatic N) is 4. The molecule has 1 amide bonds. The van der Waals surface area contributed by atoms with E-state index >= 15 is 0 Å². The molecule has 4 N–H and O–H groups in total. The molecular formula is C20H19FN8O. The van der Waals surface area contributed by atoms with Crippen LogP contribution in [0.3, 0.4) is 0 Å². The molecule has 1 saturated carbocycles. The van der Waals surface area contributed by atoms with Crippen molar-refractivity contribution in [2.75, 3.05) is 5.32 Å². The van der Waals surface area contributed by atoms with Gasteiger partial charge in [-0.3, -0.25) is 10.2 Å². The lowest BCUT2D eigenvalue weighted by atomic mass is 10.1. The molecule has 152 valence electrons. The first-order valence-corrected chi connectivity index (χ1v) is 9.55. The number of amides is 1. The summed E-state index contributed by atoms with van der Waals surface area (Å²) < 4.78 is 16.5. The molecule has 0 saturated heterocycles. The monoisotopic (exact) mass is 406 g/mol. The molecular weight excluding hydrogens is 387 g/mol. The highest BCUT2D eigenvalue weighted by molar-refractivity contribution is 6.05. The van der Waals surface area contributed by atoms with Crippen molar-refractivity contribution < 1.29 is 9.18 Å². The van der Waals surface area contributed by atoms with Gasteiger partial charge in [-0.2, -0.15) is 0 Å². The van der Waals surface area contributed by atoms with Crippen LogP contribution in [-0.2, 0) is 0 Å². The Kier molecular flexibility index (Phi) is 4.40. The Morgan fingerprint density at radius 3 is 2.93 bits per heavy atom. The summed E-state index contributed by atoms with van der Waals surface area (Å²) in [6.45, 7) is 1.80. The molecule has 0 unspecified atom stereocenters. The fraction of sp³-hybridized carbons (Fsp3) is 0.200. The lowest BCUT2D eigenvalue weighted by Gasteiger charge is -2.12. The number of carbonyl (C=O) groups excluding carboxylic acids is 1. The number of halogens is 1. The molecule has 3 heterocycles. The second-order valence-electron chi connectivity index (χ2n) is 7.28. The number of nitrogens with one attached hydrogen (secondary N) is 4. The van der Waals surface area contributed by atoms with Gasteiger partial charge in [-0.05, 0) is 49.6 Å². The Labute approximate surface area is 171 Å². The topological polar surface area (TPSA) is 108 Å². The number of aromatic nitrogens is 3. The summed E-state index contributed by atoms with van der Waals surface area (Å²) in [4.78, 5) is 21.6. The highest BCUT2D eigenvalue weighted by Gasteiger charge is 2.26. The third kappa shape index (κ3) is 3.48. The van der Waals surface area contributed by atoms with Crippen LogP contribution >= 0.6 is 0 Å². The highest BCUT2D eigenvalue weighted by atomic mass is 19.1. The Morgan fingerprint density at radius 1 is 1.30 bits per heavy atom. The number of aryl methyl sites for hydroxylation is 1. The first-order valence-electron chi connectivity index (χ1n) is 9.55. The number of hydrazine groups is 2. The van der Waals surface area contributed by atoms with Gasteiger partial charge in [0.1, 0.15) is 17.3 Å². The van der Waals surface area contributed by atoms with Gasteiger partial charge in [0.05, 0.1) is 23.3 Å². The number of rotatable bonds is 5. The Hall–Kier alpha value is -3.79. The maximum Gasteiger partial charge on any atom is 0.259 e. The molecule has 1 aliphatic carbocycles. The third-order valence-corrected chi connectivity index (χ3v) is 5.04. The van der Waals surface area contributed by atoms with Gasteiger partial charge in [0.2, 0.25) is 0 Å². The van der Waals surface area contributed by atoms with Crippen LogP contribution in [0.2, 0.25) is 0 Å². The normalized spacial score (nSPS) is 15.3. The summed E-state index contributed by atoms with van der Waals surface area (Å²) in [6, 6.07) is 7.99.